The summed E-state index contributed by atoms with van der Waals surface area (Å²) in [5, 5.41) is 12.6. The van der Waals surface area contributed by atoms with Crippen LogP contribution in [0, 0.1) is 0 Å². The first-order chi connectivity index (χ1) is 35.9. The van der Waals surface area contributed by atoms with Crippen LogP contribution in [0.2, 0.25) is 0 Å². The first kappa shape index (κ1) is 47.7. The lowest BCUT2D eigenvalue weighted by molar-refractivity contribution is 0.466. The molecule has 11 rings (SSSR count). The predicted molar refractivity (Wildman–Crippen MR) is 311 cm³/mol. The van der Waals surface area contributed by atoms with E-state index in [1.54, 1.807) is 0 Å². The average Bonchev–Trinajstić information content (AvgIpc) is 3.85. The Morgan fingerprint density at radius 1 is 0.419 bits per heavy atom. The number of para-hydroxylation sites is 1. The van der Waals surface area contributed by atoms with Crippen molar-refractivity contribution >= 4 is 11.0 Å². The van der Waals surface area contributed by atoms with Crippen LogP contribution in [0.5, 0.6) is 5.75 Å². The quantitative estimate of drug-likeness (QED) is 0.141. The van der Waals surface area contributed by atoms with Gasteiger partial charge in [0.05, 0.1) is 28.0 Å². The van der Waals surface area contributed by atoms with Crippen molar-refractivity contribution in [1.29, 1.82) is 0 Å². The van der Waals surface area contributed by atoms with Crippen LogP contribution in [0.1, 0.15) is 77.0 Å². The van der Waals surface area contributed by atoms with Crippen molar-refractivity contribution in [3.05, 3.63) is 241 Å². The molecule has 4 nitrogen and oxygen atoms in total. The summed E-state index contributed by atoms with van der Waals surface area (Å²) in [6.07, 6.45) is 1.92. The molecule has 4 heteroatoms. The van der Waals surface area contributed by atoms with Crippen LogP contribution in [0.15, 0.2) is 225 Å². The fraction of sp³-hybridized carbons (Fsp3) is 0.143. The van der Waals surface area contributed by atoms with Crippen molar-refractivity contribution in [3.8, 4) is 101 Å². The minimum absolute atomic E-state index is 0.0800. The summed E-state index contributed by atoms with van der Waals surface area (Å²) in [6, 6.07) is 78.0. The van der Waals surface area contributed by atoms with Gasteiger partial charge in [-0.2, -0.15) is 0 Å². The molecule has 0 atom stereocenters. The van der Waals surface area contributed by atoms with E-state index in [0.717, 1.165) is 94.7 Å². The maximum absolute atomic E-state index is 12.6. The molecule has 0 amide bonds. The van der Waals surface area contributed by atoms with E-state index in [1.165, 1.54) is 16.7 Å². The number of pyridine rings is 1. The number of rotatable bonds is 11. The van der Waals surface area contributed by atoms with Crippen LogP contribution in [0.25, 0.3) is 106 Å². The van der Waals surface area contributed by atoms with E-state index in [1.807, 2.05) is 6.20 Å². The lowest BCUT2D eigenvalue weighted by Crippen LogP contribution is -2.14. The van der Waals surface area contributed by atoms with E-state index in [2.05, 4.69) is 271 Å². The normalized spacial score (nSPS) is 11.7. The highest BCUT2D eigenvalue weighted by Gasteiger charge is 2.28. The molecule has 0 unspecified atom stereocenters. The number of fused-ring (bicyclic) bond motifs is 1. The van der Waals surface area contributed by atoms with E-state index in [-0.39, 0.29) is 23.0 Å². The highest BCUT2D eigenvalue weighted by atomic mass is 16.3. The Bertz CT molecular complexity index is 3790. The van der Waals surface area contributed by atoms with Crippen molar-refractivity contribution in [1.82, 2.24) is 14.5 Å². The molecule has 2 heterocycles. The highest BCUT2D eigenvalue weighted by molar-refractivity contribution is 5.99. The maximum Gasteiger partial charge on any atom is 0.149 e. The van der Waals surface area contributed by atoms with Gasteiger partial charge in [-0.3, -0.25) is 9.55 Å². The van der Waals surface area contributed by atoms with Gasteiger partial charge in [-0.25, -0.2) is 4.98 Å². The number of nitrogens with zero attached hydrogens (tertiary/aromatic N) is 3. The summed E-state index contributed by atoms with van der Waals surface area (Å²) in [7, 11) is 0. The second-order valence-electron chi connectivity index (χ2n) is 21.2. The van der Waals surface area contributed by atoms with Gasteiger partial charge in [0.25, 0.3) is 0 Å². The molecular weight excluding hydrogens is 899 g/mol. The molecule has 9 aromatic carbocycles. The molecule has 74 heavy (non-hydrogen) atoms. The topological polar surface area (TPSA) is 50.9 Å². The predicted octanol–water partition coefficient (Wildman–Crippen LogP) is 19.0. The molecule has 0 aliphatic rings. The molecule has 0 aliphatic heterocycles. The summed E-state index contributed by atoms with van der Waals surface area (Å²) in [4.78, 5) is 10.8. The zero-order chi connectivity index (χ0) is 51.1. The molecule has 0 bridgehead atoms. The second-order valence-corrected chi connectivity index (χ2v) is 21.2. The van der Waals surface area contributed by atoms with Gasteiger partial charge in [-0.05, 0) is 144 Å². The Morgan fingerprint density at radius 3 is 1.55 bits per heavy atom. The van der Waals surface area contributed by atoms with Gasteiger partial charge in [-0.1, -0.05) is 212 Å². The largest absolute Gasteiger partial charge is 0.507 e. The Hall–Kier alpha value is -8.60. The number of aromatic hydroxyl groups is 1. The lowest BCUT2D eigenvalue weighted by atomic mass is 9.79. The fourth-order valence-electron chi connectivity index (χ4n) is 10.5. The van der Waals surface area contributed by atoms with Gasteiger partial charge in [0, 0.05) is 22.9 Å². The summed E-state index contributed by atoms with van der Waals surface area (Å²) in [5.41, 5.74) is 21.7. The standard InChI is InChI=1S/C70H61N3O/c1-45(2)54-40-59(46(3)4)68(74)62(41-54)69-72-67-58(29-20-30-65(67)73(69)66-44-60(51-25-16-10-17-26-51)63(70(5,6)7)43-61(66)52-27-18-11-19-28-52)56-37-55(48-23-14-9-15-24-48)38-57(39-56)64-42-53(35-36-71-64)50-33-31-49(32-34-50)47-21-12-8-13-22-47/h8-46,74H,1-7H3. The van der Waals surface area contributed by atoms with Gasteiger partial charge >= 0.3 is 0 Å². The fourth-order valence-corrected chi connectivity index (χ4v) is 10.5. The molecule has 1 N–H and O–H groups in total. The zero-order valence-electron chi connectivity index (χ0n) is 43.3. The third-order valence-electron chi connectivity index (χ3n) is 14.5. The summed E-state index contributed by atoms with van der Waals surface area (Å²) < 4.78 is 2.32. The molecular formula is C70H61N3O. The Labute approximate surface area is 436 Å². The van der Waals surface area contributed by atoms with E-state index in [0.29, 0.717) is 11.4 Å². The number of hydrogen-bond acceptors (Lipinski definition) is 3. The van der Waals surface area contributed by atoms with Crippen molar-refractivity contribution in [2.75, 3.05) is 0 Å². The number of hydrogen-bond donors (Lipinski definition) is 1. The second kappa shape index (κ2) is 19.8. The zero-order valence-corrected chi connectivity index (χ0v) is 43.3. The van der Waals surface area contributed by atoms with Crippen molar-refractivity contribution in [3.63, 3.8) is 0 Å². The monoisotopic (exact) mass is 959 g/mol. The minimum Gasteiger partial charge on any atom is -0.507 e. The summed E-state index contributed by atoms with van der Waals surface area (Å²) in [6.45, 7) is 15.6. The molecule has 362 valence electrons. The molecule has 0 aliphatic carbocycles. The molecule has 0 radical (unpaired) electrons. The van der Waals surface area contributed by atoms with Crippen LogP contribution in [0.4, 0.5) is 0 Å². The Morgan fingerprint density at radius 2 is 0.959 bits per heavy atom. The van der Waals surface area contributed by atoms with Crippen molar-refractivity contribution in [2.24, 2.45) is 0 Å². The van der Waals surface area contributed by atoms with E-state index in [9.17, 15) is 5.11 Å². The third-order valence-corrected chi connectivity index (χ3v) is 14.5. The van der Waals surface area contributed by atoms with Gasteiger partial charge < -0.3 is 5.11 Å². The van der Waals surface area contributed by atoms with E-state index in [4.69, 9.17) is 9.97 Å². The van der Waals surface area contributed by atoms with Crippen molar-refractivity contribution < 1.29 is 5.11 Å². The number of phenolic OH excluding ortho intramolecular Hbond substituents is 1. The molecule has 11 aromatic rings. The van der Waals surface area contributed by atoms with Crippen LogP contribution in [0.3, 0.4) is 0 Å². The smallest absolute Gasteiger partial charge is 0.149 e. The van der Waals surface area contributed by atoms with Crippen LogP contribution < -0.4 is 0 Å². The first-order valence-corrected chi connectivity index (χ1v) is 25.9. The van der Waals surface area contributed by atoms with E-state index >= 15 is 0 Å². The van der Waals surface area contributed by atoms with Gasteiger partial charge in [-0.15, -0.1) is 0 Å². The minimum atomic E-state index is -0.181. The van der Waals surface area contributed by atoms with Gasteiger partial charge in [0.2, 0.25) is 0 Å². The van der Waals surface area contributed by atoms with Gasteiger partial charge in [0.1, 0.15) is 11.6 Å². The molecule has 0 fully saturated rings. The maximum atomic E-state index is 12.6. The van der Waals surface area contributed by atoms with E-state index < -0.39 is 0 Å². The number of imidazole rings is 1. The van der Waals surface area contributed by atoms with Crippen LogP contribution >= 0.6 is 0 Å². The molecule has 0 saturated carbocycles. The summed E-state index contributed by atoms with van der Waals surface area (Å²) in [5.74, 6) is 1.24. The molecule has 0 saturated heterocycles. The number of phenols is 1. The molecule has 2 aromatic heterocycles. The van der Waals surface area contributed by atoms with Crippen molar-refractivity contribution in [2.45, 2.75) is 65.7 Å². The van der Waals surface area contributed by atoms with Crippen LogP contribution in [-0.4, -0.2) is 19.6 Å². The highest BCUT2D eigenvalue weighted by Crippen LogP contribution is 2.47. The summed E-state index contributed by atoms with van der Waals surface area (Å²) >= 11 is 0. The average molecular weight is 960 g/mol. The third kappa shape index (κ3) is 9.25. The van der Waals surface area contributed by atoms with Crippen LogP contribution in [-0.2, 0) is 5.41 Å². The first-order valence-electron chi connectivity index (χ1n) is 25.9. The number of benzene rings is 9. The number of aromatic nitrogens is 3. The Balaban J connectivity index is 1.18. The SMILES string of the molecule is CC(C)c1cc(-c2nc3c(-c4cc(-c5ccccc5)cc(-c5cc(-c6ccc(-c7ccccc7)cc6)ccn5)c4)cccc3n2-c2cc(-c3ccccc3)c(C(C)(C)C)cc2-c2ccccc2)c(O)c(C(C)C)c1. The molecule has 0 spiro atoms. The van der Waals surface area contributed by atoms with Gasteiger partial charge in [0.15, 0.2) is 0 Å². The lowest BCUT2D eigenvalue weighted by Gasteiger charge is -2.27. The Kier molecular flexibility index (Phi) is 12.8.